The van der Waals surface area contributed by atoms with Crippen LogP contribution in [0.15, 0.2) is 102 Å². The summed E-state index contributed by atoms with van der Waals surface area (Å²) in [4.78, 5) is 23.4. The molecular formula is C38H43N3O7S. The first-order valence-electron chi connectivity index (χ1n) is 16.6. The van der Waals surface area contributed by atoms with Gasteiger partial charge in [-0.2, -0.15) is 4.73 Å². The summed E-state index contributed by atoms with van der Waals surface area (Å²) >= 11 is 1.46. The number of thioether (sulfide) groups is 1. The number of hydrogen-bond donors (Lipinski definition) is 4. The molecule has 0 bridgehead atoms. The minimum atomic E-state index is -0.604. The number of aromatic nitrogens is 1. The predicted molar refractivity (Wildman–Crippen MR) is 186 cm³/mol. The topological polar surface area (TPSA) is 144 Å². The second-order valence-corrected chi connectivity index (χ2v) is 13.1. The van der Waals surface area contributed by atoms with Crippen molar-refractivity contribution in [3.8, 4) is 11.1 Å². The van der Waals surface area contributed by atoms with Gasteiger partial charge in [0.2, 0.25) is 11.8 Å². The zero-order valence-corrected chi connectivity index (χ0v) is 28.1. The highest BCUT2D eigenvalue weighted by Gasteiger charge is 2.32. The fourth-order valence-corrected chi connectivity index (χ4v) is 6.62. The van der Waals surface area contributed by atoms with Gasteiger partial charge in [-0.05, 0) is 52.8 Å². The molecule has 0 spiro atoms. The number of unbranched alkanes of at least 4 members (excludes halogenated alkanes) is 3. The molecule has 0 saturated carbocycles. The van der Waals surface area contributed by atoms with Gasteiger partial charge in [0.25, 0.3) is 5.03 Å². The minimum Gasteiger partial charge on any atom is -0.618 e. The summed E-state index contributed by atoms with van der Waals surface area (Å²) < 4.78 is 13.8. The minimum absolute atomic E-state index is 0.00863. The number of hydroxylamine groups is 1. The maximum Gasteiger partial charge on any atom is 0.251 e. The Kier molecular flexibility index (Phi) is 13.6. The van der Waals surface area contributed by atoms with Crippen LogP contribution in [0.4, 0.5) is 0 Å². The van der Waals surface area contributed by atoms with E-state index in [9.17, 15) is 19.9 Å². The molecule has 4 N–H and O–H groups in total. The van der Waals surface area contributed by atoms with Crippen molar-refractivity contribution in [1.82, 2.24) is 10.8 Å². The van der Waals surface area contributed by atoms with Gasteiger partial charge in [-0.3, -0.25) is 14.8 Å². The lowest BCUT2D eigenvalue weighted by Gasteiger charge is -2.36. The van der Waals surface area contributed by atoms with Crippen molar-refractivity contribution in [1.29, 1.82) is 0 Å². The first kappa shape index (κ1) is 36.0. The van der Waals surface area contributed by atoms with Crippen LogP contribution >= 0.6 is 11.8 Å². The Labute approximate surface area is 291 Å². The number of carbonyl (C=O) groups excluding carboxylic acids is 2. The zero-order valence-electron chi connectivity index (χ0n) is 27.3. The van der Waals surface area contributed by atoms with Crippen molar-refractivity contribution < 1.29 is 34.1 Å². The molecule has 1 aliphatic heterocycles. The summed E-state index contributed by atoms with van der Waals surface area (Å²) in [5, 5.41) is 33.9. The van der Waals surface area contributed by atoms with Crippen molar-refractivity contribution in [2.75, 3.05) is 5.75 Å². The highest BCUT2D eigenvalue weighted by atomic mass is 32.2. The SMILES string of the molecule is O=C(CCCCCCC(=O)NCc1cccc(-c2ccc([C@@H]3O[C@H](CSc4cccc[n+]4[O-])C[C@H](c4ccc(CO)cc4)O3)cc2)c1)NO. The Balaban J connectivity index is 1.19. The van der Waals surface area contributed by atoms with E-state index in [-0.39, 0.29) is 37.0 Å². The van der Waals surface area contributed by atoms with Crippen LogP contribution in [0.5, 0.6) is 0 Å². The molecule has 49 heavy (non-hydrogen) atoms. The predicted octanol–water partition coefficient (Wildman–Crippen LogP) is 6.28. The largest absolute Gasteiger partial charge is 0.618 e. The van der Waals surface area contributed by atoms with Gasteiger partial charge in [-0.15, -0.1) is 0 Å². The smallest absolute Gasteiger partial charge is 0.251 e. The number of carbonyl (C=O) groups is 2. The monoisotopic (exact) mass is 685 g/mol. The molecule has 1 saturated heterocycles. The van der Waals surface area contributed by atoms with Gasteiger partial charge >= 0.3 is 0 Å². The molecule has 2 heterocycles. The molecular weight excluding hydrogens is 642 g/mol. The maximum absolute atomic E-state index is 12.4. The van der Waals surface area contributed by atoms with E-state index < -0.39 is 6.29 Å². The summed E-state index contributed by atoms with van der Waals surface area (Å²) in [5.41, 5.74) is 7.40. The van der Waals surface area contributed by atoms with Crippen molar-refractivity contribution >= 4 is 23.6 Å². The molecule has 3 aromatic carbocycles. The van der Waals surface area contributed by atoms with E-state index in [1.807, 2.05) is 72.8 Å². The Hall–Kier alpha value is -4.26. The average molecular weight is 686 g/mol. The highest BCUT2D eigenvalue weighted by molar-refractivity contribution is 7.99. The van der Waals surface area contributed by atoms with Crippen LogP contribution in [0.2, 0.25) is 0 Å². The first-order chi connectivity index (χ1) is 23.9. The Morgan fingerprint density at radius 2 is 1.55 bits per heavy atom. The van der Waals surface area contributed by atoms with Gasteiger partial charge in [0.1, 0.15) is 0 Å². The molecule has 0 unspecified atom stereocenters. The summed E-state index contributed by atoms with van der Waals surface area (Å²) in [6.45, 7) is 0.408. The van der Waals surface area contributed by atoms with E-state index in [4.69, 9.17) is 14.7 Å². The van der Waals surface area contributed by atoms with Gasteiger partial charge in [0.15, 0.2) is 12.5 Å². The number of aliphatic hydroxyl groups is 1. The number of ether oxygens (including phenoxy) is 2. The third kappa shape index (κ3) is 10.9. The number of hydrogen-bond acceptors (Lipinski definition) is 8. The number of aliphatic hydroxyl groups excluding tert-OH is 1. The summed E-state index contributed by atoms with van der Waals surface area (Å²) in [7, 11) is 0. The van der Waals surface area contributed by atoms with Crippen LogP contribution < -0.4 is 15.5 Å². The van der Waals surface area contributed by atoms with Crippen LogP contribution in [-0.2, 0) is 32.2 Å². The van der Waals surface area contributed by atoms with Crippen LogP contribution in [0.1, 0.15) is 79.6 Å². The second kappa shape index (κ2) is 18.5. The van der Waals surface area contributed by atoms with Gasteiger partial charge in [-0.1, -0.05) is 91.3 Å². The molecule has 5 rings (SSSR count). The Morgan fingerprint density at radius 3 is 2.27 bits per heavy atom. The lowest BCUT2D eigenvalue weighted by Crippen LogP contribution is -2.32. The number of amides is 2. The molecule has 3 atom stereocenters. The lowest BCUT2D eigenvalue weighted by atomic mass is 9.99. The van der Waals surface area contributed by atoms with Crippen molar-refractivity contribution in [3.63, 3.8) is 0 Å². The van der Waals surface area contributed by atoms with Gasteiger partial charge in [0.05, 0.1) is 18.8 Å². The fourth-order valence-electron chi connectivity index (χ4n) is 5.69. The second-order valence-electron chi connectivity index (χ2n) is 12.1. The summed E-state index contributed by atoms with van der Waals surface area (Å²) in [6, 6.07) is 29.3. The van der Waals surface area contributed by atoms with Crippen molar-refractivity contribution in [2.24, 2.45) is 0 Å². The number of nitrogens with zero attached hydrogens (tertiary/aromatic N) is 1. The van der Waals surface area contributed by atoms with E-state index in [1.54, 1.807) is 17.6 Å². The summed E-state index contributed by atoms with van der Waals surface area (Å²) in [6.07, 6.45) is 4.94. The normalized spacial score (nSPS) is 17.4. The third-order valence-corrected chi connectivity index (χ3v) is 9.59. The van der Waals surface area contributed by atoms with Crippen LogP contribution in [0, 0.1) is 5.21 Å². The molecule has 10 nitrogen and oxygen atoms in total. The van der Waals surface area contributed by atoms with Crippen LogP contribution in [0.25, 0.3) is 11.1 Å². The van der Waals surface area contributed by atoms with Crippen molar-refractivity contribution in [3.05, 3.63) is 125 Å². The molecule has 0 aliphatic carbocycles. The van der Waals surface area contributed by atoms with Crippen LogP contribution in [0.3, 0.4) is 0 Å². The average Bonchev–Trinajstić information content (AvgIpc) is 3.15. The Bertz CT molecular complexity index is 1650. The van der Waals surface area contributed by atoms with Crippen molar-refractivity contribution in [2.45, 2.75) is 81.6 Å². The molecule has 258 valence electrons. The number of benzene rings is 3. The third-order valence-electron chi connectivity index (χ3n) is 8.44. The molecule has 2 amide bonds. The van der Waals surface area contributed by atoms with Crippen LogP contribution in [-0.4, -0.2) is 34.0 Å². The molecule has 1 fully saturated rings. The molecule has 4 aromatic rings. The number of pyridine rings is 1. The lowest BCUT2D eigenvalue weighted by molar-refractivity contribution is -0.645. The molecule has 1 aromatic heterocycles. The zero-order chi connectivity index (χ0) is 34.4. The van der Waals surface area contributed by atoms with Gasteiger partial charge < -0.3 is 25.1 Å². The quantitative estimate of drug-likeness (QED) is 0.0270. The van der Waals surface area contributed by atoms with Gasteiger partial charge in [0, 0.05) is 49.3 Å². The molecule has 0 radical (unpaired) electrons. The van der Waals surface area contributed by atoms with E-state index in [2.05, 4.69) is 11.4 Å². The van der Waals surface area contributed by atoms with E-state index in [0.29, 0.717) is 36.6 Å². The van der Waals surface area contributed by atoms with E-state index in [0.717, 1.165) is 57.4 Å². The first-order valence-corrected chi connectivity index (χ1v) is 17.6. The van der Waals surface area contributed by atoms with E-state index in [1.165, 1.54) is 18.0 Å². The van der Waals surface area contributed by atoms with E-state index >= 15 is 0 Å². The molecule has 11 heteroatoms. The molecule has 1 aliphatic rings. The van der Waals surface area contributed by atoms with Gasteiger partial charge in [-0.25, -0.2) is 5.48 Å². The Morgan fingerprint density at radius 1 is 0.816 bits per heavy atom. The summed E-state index contributed by atoms with van der Waals surface area (Å²) in [5.74, 6) is 0.192. The standard InChI is InChI=1S/C38H43N3O7S/c42-25-27-13-15-30(16-14-27)34-23-33(26-49-37-12-5-6-21-41(37)46)47-38(48-34)31-19-17-29(18-20-31)32-9-7-8-28(22-32)24-39-35(43)10-3-1-2-4-11-36(44)40-45/h5-9,12-22,33-34,38,42,45H,1-4,10-11,23-26H2,(H,39,43)(H,40,44)/t33-,34+,38+/m0/s1. The fraction of sp³-hybridized carbons (Fsp3) is 0.342. The highest BCUT2D eigenvalue weighted by Crippen LogP contribution is 2.39. The number of nitrogens with one attached hydrogen (secondary N) is 2. The maximum atomic E-state index is 12.4. The number of rotatable bonds is 16.